The summed E-state index contributed by atoms with van der Waals surface area (Å²) >= 11 is 0. The topological polar surface area (TPSA) is 76.0 Å². The maximum atomic E-state index is 12.7. The Hall–Kier alpha value is -2.50. The molecule has 1 aromatic carbocycles. The van der Waals surface area contributed by atoms with Crippen molar-refractivity contribution in [3.05, 3.63) is 78.6 Å². The van der Waals surface area contributed by atoms with E-state index in [9.17, 15) is 9.18 Å². The van der Waals surface area contributed by atoms with Gasteiger partial charge in [-0.25, -0.2) is 14.8 Å². The van der Waals surface area contributed by atoms with Crippen LogP contribution in [0.4, 0.5) is 4.39 Å². The molecule has 0 bridgehead atoms. The van der Waals surface area contributed by atoms with Crippen molar-refractivity contribution in [2.45, 2.75) is 0 Å². The van der Waals surface area contributed by atoms with Crippen LogP contribution < -0.4 is 0 Å². The summed E-state index contributed by atoms with van der Waals surface area (Å²) in [5.41, 5.74) is 0.902. The van der Waals surface area contributed by atoms with Crippen LogP contribution in [0.1, 0.15) is 10.5 Å². The molecule has 7 heteroatoms. The number of nitrogens with zero attached hydrogens (tertiary/aromatic N) is 3. The third-order valence-electron chi connectivity index (χ3n) is 2.54. The van der Waals surface area contributed by atoms with Crippen LogP contribution >= 0.6 is 0 Å². The molecular weight excluding hydrogens is 477 g/mol. The summed E-state index contributed by atoms with van der Waals surface area (Å²) in [7, 11) is 0. The quantitative estimate of drug-likeness (QED) is 0.560. The van der Waals surface area contributed by atoms with E-state index in [1.54, 1.807) is 12.1 Å². The van der Waals surface area contributed by atoms with Gasteiger partial charge in [0.25, 0.3) is 0 Å². The molecule has 0 aliphatic carbocycles. The molecule has 2 heterocycles. The van der Waals surface area contributed by atoms with Crippen molar-refractivity contribution in [2.24, 2.45) is 0 Å². The summed E-state index contributed by atoms with van der Waals surface area (Å²) < 4.78 is 12.7. The molecule has 3 rings (SSSR count). The molecule has 0 unspecified atom stereocenters. The van der Waals surface area contributed by atoms with Crippen LogP contribution in [0, 0.1) is 5.95 Å². The van der Waals surface area contributed by atoms with Gasteiger partial charge < -0.3 is 5.11 Å². The molecule has 23 heavy (non-hydrogen) atoms. The number of aromatic carboxylic acids is 1. The van der Waals surface area contributed by atoms with Crippen LogP contribution in [0.3, 0.4) is 0 Å². The van der Waals surface area contributed by atoms with E-state index in [0.29, 0.717) is 5.82 Å². The standard InChI is InChI=1S/C10H7FN2.C6H5NO2.Ir/c11-9-6-7-12-10(13-9)8-4-2-1-3-5-8;8-6(9)5-3-1-2-4-7-5;/h1-7H;1-4H,(H,8,9);. The Bertz CT molecular complexity index is 743. The van der Waals surface area contributed by atoms with Gasteiger partial charge >= 0.3 is 5.97 Å². The van der Waals surface area contributed by atoms with Crippen LogP contribution in [-0.2, 0) is 20.1 Å². The Morgan fingerprint density at radius 1 is 0.913 bits per heavy atom. The van der Waals surface area contributed by atoms with Crippen LogP contribution in [0.15, 0.2) is 67.0 Å². The van der Waals surface area contributed by atoms with E-state index in [0.717, 1.165) is 5.56 Å². The molecular formula is C16H12FIrN3O2. The minimum atomic E-state index is -0.990. The molecule has 0 aliphatic heterocycles. The van der Waals surface area contributed by atoms with Gasteiger partial charge in [-0.1, -0.05) is 36.4 Å². The summed E-state index contributed by atoms with van der Waals surface area (Å²) in [4.78, 5) is 21.3. The number of carbonyl (C=O) groups is 1. The first kappa shape index (κ1) is 18.5. The summed E-state index contributed by atoms with van der Waals surface area (Å²) in [6.45, 7) is 0. The van der Waals surface area contributed by atoms with E-state index >= 15 is 0 Å². The molecule has 0 amide bonds. The SMILES string of the molecule is Fc1ccnc(-c2ccccc2)n1.O=C(O)c1ccccn1.[Ir]. The summed E-state index contributed by atoms with van der Waals surface area (Å²) in [5.74, 6) is -1.08. The first-order valence-electron chi connectivity index (χ1n) is 6.35. The second kappa shape index (κ2) is 9.50. The fourth-order valence-electron chi connectivity index (χ4n) is 1.55. The van der Waals surface area contributed by atoms with Gasteiger partial charge in [0.15, 0.2) is 5.82 Å². The number of hydrogen-bond donors (Lipinski definition) is 1. The van der Waals surface area contributed by atoms with E-state index in [-0.39, 0.29) is 25.8 Å². The van der Waals surface area contributed by atoms with E-state index in [1.165, 1.54) is 24.5 Å². The van der Waals surface area contributed by atoms with Gasteiger partial charge in [-0.3, -0.25) is 0 Å². The van der Waals surface area contributed by atoms with Crippen molar-refractivity contribution in [1.82, 2.24) is 15.0 Å². The number of hydrogen-bond acceptors (Lipinski definition) is 4. The number of carboxylic acid groups (broad SMARTS) is 1. The van der Waals surface area contributed by atoms with Gasteiger partial charge in [-0.05, 0) is 12.1 Å². The zero-order valence-corrected chi connectivity index (χ0v) is 14.2. The monoisotopic (exact) mass is 490 g/mol. The van der Waals surface area contributed by atoms with E-state index in [4.69, 9.17) is 5.11 Å². The molecule has 1 radical (unpaired) electrons. The minimum Gasteiger partial charge on any atom is -0.477 e. The second-order valence-corrected chi connectivity index (χ2v) is 4.09. The van der Waals surface area contributed by atoms with Crippen molar-refractivity contribution in [1.29, 1.82) is 0 Å². The third kappa shape index (κ3) is 6.02. The number of aromatic nitrogens is 3. The third-order valence-corrected chi connectivity index (χ3v) is 2.54. The molecule has 0 fully saturated rings. The van der Waals surface area contributed by atoms with Gasteiger partial charge in [0.2, 0.25) is 5.95 Å². The second-order valence-electron chi connectivity index (χ2n) is 4.09. The van der Waals surface area contributed by atoms with Gasteiger partial charge in [-0.2, -0.15) is 9.37 Å². The smallest absolute Gasteiger partial charge is 0.354 e. The summed E-state index contributed by atoms with van der Waals surface area (Å²) in [6, 6.07) is 15.3. The maximum Gasteiger partial charge on any atom is 0.354 e. The average molecular weight is 490 g/mol. The van der Waals surface area contributed by atoms with Crippen molar-refractivity contribution >= 4 is 5.97 Å². The molecule has 1 N–H and O–H groups in total. The molecule has 3 aromatic rings. The van der Waals surface area contributed by atoms with Crippen molar-refractivity contribution in [3.63, 3.8) is 0 Å². The number of rotatable bonds is 2. The molecule has 0 saturated heterocycles. The minimum absolute atomic E-state index is 0. The number of halogens is 1. The Labute approximate surface area is 145 Å². The number of carboxylic acids is 1. The van der Waals surface area contributed by atoms with Gasteiger partial charge in [0.1, 0.15) is 5.69 Å². The fourth-order valence-corrected chi connectivity index (χ4v) is 1.55. The Balaban J connectivity index is 0.000000235. The summed E-state index contributed by atoms with van der Waals surface area (Å²) in [6.07, 6.45) is 2.86. The van der Waals surface area contributed by atoms with E-state index in [2.05, 4.69) is 15.0 Å². The Morgan fingerprint density at radius 3 is 2.13 bits per heavy atom. The normalized spacial score (nSPS) is 9.09. The number of benzene rings is 1. The maximum absolute atomic E-state index is 12.7. The van der Waals surface area contributed by atoms with E-state index in [1.807, 2.05) is 30.3 Å². The largest absolute Gasteiger partial charge is 0.477 e. The fraction of sp³-hybridized carbons (Fsp3) is 0. The molecule has 0 spiro atoms. The predicted molar refractivity (Wildman–Crippen MR) is 78.6 cm³/mol. The first-order valence-corrected chi connectivity index (χ1v) is 6.35. The summed E-state index contributed by atoms with van der Waals surface area (Å²) in [5, 5.41) is 8.32. The van der Waals surface area contributed by atoms with Crippen LogP contribution in [-0.4, -0.2) is 26.0 Å². The molecule has 0 saturated carbocycles. The molecule has 0 aliphatic rings. The van der Waals surface area contributed by atoms with Crippen molar-refractivity contribution in [3.8, 4) is 11.4 Å². The van der Waals surface area contributed by atoms with Crippen LogP contribution in [0.25, 0.3) is 11.4 Å². The number of pyridine rings is 1. The molecule has 119 valence electrons. The average Bonchev–Trinajstić information content (AvgIpc) is 2.57. The van der Waals surface area contributed by atoms with Crippen molar-refractivity contribution < 1.29 is 34.4 Å². The first-order chi connectivity index (χ1) is 10.7. The Morgan fingerprint density at radius 2 is 1.61 bits per heavy atom. The molecule has 2 aromatic heterocycles. The van der Waals surface area contributed by atoms with Gasteiger partial charge in [0, 0.05) is 44.1 Å². The van der Waals surface area contributed by atoms with Crippen molar-refractivity contribution in [2.75, 3.05) is 0 Å². The van der Waals surface area contributed by atoms with Crippen LogP contribution in [0.2, 0.25) is 0 Å². The zero-order valence-electron chi connectivity index (χ0n) is 11.8. The molecule has 5 nitrogen and oxygen atoms in total. The van der Waals surface area contributed by atoms with Gasteiger partial charge in [-0.15, -0.1) is 0 Å². The molecule has 0 atom stereocenters. The van der Waals surface area contributed by atoms with Gasteiger partial charge in [0.05, 0.1) is 0 Å². The van der Waals surface area contributed by atoms with Crippen LogP contribution in [0.5, 0.6) is 0 Å². The zero-order chi connectivity index (χ0) is 15.8. The Kier molecular flexibility index (Phi) is 7.66. The predicted octanol–water partition coefficient (Wildman–Crippen LogP) is 3.06. The van der Waals surface area contributed by atoms with E-state index < -0.39 is 11.9 Å².